The number of piperazine rings is 1. The maximum atomic E-state index is 12.6. The van der Waals surface area contributed by atoms with Crippen molar-refractivity contribution in [2.45, 2.75) is 64.3 Å². The van der Waals surface area contributed by atoms with Crippen LogP contribution in [0.25, 0.3) is 17.0 Å². The Balaban J connectivity index is 0.891. The highest BCUT2D eigenvalue weighted by atomic mass is 35.5. The highest BCUT2D eigenvalue weighted by molar-refractivity contribution is 6.32. The molecule has 4 atom stereocenters. The lowest BCUT2D eigenvalue weighted by Crippen LogP contribution is -2.53. The minimum Gasteiger partial charge on any atom is -0.483 e. The lowest BCUT2D eigenvalue weighted by Gasteiger charge is -2.41. The zero-order chi connectivity index (χ0) is 41.5. The van der Waals surface area contributed by atoms with Gasteiger partial charge in [0.25, 0.3) is 5.91 Å². The number of hydrogen-bond acceptors (Lipinski definition) is 14. The standard InChI is InChI=1S/C41H51ClN12O5/c1-23(2)54-38-26(15-33(40(54)58)59-22-35(56)43-4)14-27(17-44-38)46-37-31(42)18-45-41(48-37)53-13-12-51(24(3)19-53)20-25-10-11-52(21-25)28-6-7-29-32(16-28)50(5)49-36(29)30-8-9-34(55)47-39(30)57/h6-7,14-18,23-25,30,40,58H,8-13,19-22H2,1-5H3,(H,43,56)(H,45,46,48)(H,47,55,57)/t24-,25+,30?,40?/m0/s1. The number of rotatable bonds is 11. The Morgan fingerprint density at radius 2 is 1.92 bits per heavy atom. The van der Waals surface area contributed by atoms with E-state index < -0.39 is 12.1 Å². The summed E-state index contributed by atoms with van der Waals surface area (Å²) in [6, 6.07) is 8.43. The summed E-state index contributed by atoms with van der Waals surface area (Å²) in [4.78, 5) is 59.3. The first-order chi connectivity index (χ1) is 28.4. The first-order valence-corrected chi connectivity index (χ1v) is 20.6. The van der Waals surface area contributed by atoms with Gasteiger partial charge in [-0.1, -0.05) is 11.6 Å². The molecule has 0 bridgehead atoms. The number of likely N-dealkylation sites (N-methyl/N-ethyl adjacent to an activating group) is 1. The van der Waals surface area contributed by atoms with E-state index in [4.69, 9.17) is 26.4 Å². The number of aryl methyl sites for hydroxylation is 1. The van der Waals surface area contributed by atoms with Crippen molar-refractivity contribution in [2.75, 3.05) is 72.9 Å². The minimum absolute atomic E-state index is 0.101. The number of aromatic nitrogens is 5. The molecular formula is C41H51ClN12O5. The van der Waals surface area contributed by atoms with E-state index in [2.05, 4.69) is 65.7 Å². The molecule has 1 aromatic carbocycles. The second kappa shape index (κ2) is 16.6. The number of aliphatic hydroxyl groups is 1. The highest BCUT2D eigenvalue weighted by Gasteiger charge is 2.35. The fourth-order valence-electron chi connectivity index (χ4n) is 8.62. The summed E-state index contributed by atoms with van der Waals surface area (Å²) >= 11 is 6.62. The van der Waals surface area contributed by atoms with Crippen LogP contribution in [0.3, 0.4) is 0 Å². The first-order valence-electron chi connectivity index (χ1n) is 20.2. The number of nitrogens with one attached hydrogen (secondary N) is 3. The average Bonchev–Trinajstić information content (AvgIpc) is 3.82. The molecule has 4 aromatic rings. The third kappa shape index (κ3) is 8.23. The maximum Gasteiger partial charge on any atom is 0.257 e. The third-order valence-corrected chi connectivity index (χ3v) is 12.1. The van der Waals surface area contributed by atoms with Crippen LogP contribution < -0.4 is 30.7 Å². The van der Waals surface area contributed by atoms with E-state index in [0.29, 0.717) is 52.6 Å². The number of aliphatic hydroxyl groups excluding tert-OH is 1. The molecule has 17 nitrogen and oxygen atoms in total. The molecule has 4 N–H and O–H groups in total. The molecule has 7 heterocycles. The number of benzene rings is 1. The van der Waals surface area contributed by atoms with Crippen LogP contribution in [0.1, 0.15) is 57.2 Å². The number of hydrogen-bond donors (Lipinski definition) is 4. The lowest BCUT2D eigenvalue weighted by molar-refractivity contribution is -0.134. The molecule has 0 radical (unpaired) electrons. The monoisotopic (exact) mass is 826 g/mol. The number of carbonyl (C=O) groups excluding carboxylic acids is 3. The van der Waals surface area contributed by atoms with Gasteiger partial charge in [0.05, 0.1) is 35.2 Å². The average molecular weight is 827 g/mol. The van der Waals surface area contributed by atoms with Gasteiger partial charge in [0.15, 0.2) is 18.7 Å². The van der Waals surface area contributed by atoms with Gasteiger partial charge < -0.3 is 35.2 Å². The number of imide groups is 1. The number of pyridine rings is 1. The molecule has 0 aliphatic carbocycles. The van der Waals surface area contributed by atoms with Gasteiger partial charge in [0.1, 0.15) is 16.6 Å². The van der Waals surface area contributed by atoms with E-state index in [0.717, 1.165) is 68.0 Å². The molecule has 0 spiro atoms. The summed E-state index contributed by atoms with van der Waals surface area (Å²) < 4.78 is 7.54. The number of halogens is 1. The highest BCUT2D eigenvalue weighted by Crippen LogP contribution is 2.36. The van der Waals surface area contributed by atoms with Gasteiger partial charge in [0, 0.05) is 88.5 Å². The third-order valence-electron chi connectivity index (χ3n) is 11.8. The van der Waals surface area contributed by atoms with Crippen LogP contribution in [0.4, 0.5) is 29.0 Å². The zero-order valence-electron chi connectivity index (χ0n) is 34.0. The predicted octanol–water partition coefficient (Wildman–Crippen LogP) is 3.36. The van der Waals surface area contributed by atoms with Crippen LogP contribution in [-0.4, -0.2) is 124 Å². The Hall–Kier alpha value is -5.52. The SMILES string of the molecule is CNC(=O)COC1=Cc2cc(Nc3nc(N4CCN(C[C@H]5CCN(c6ccc7c(C8CCC(=O)NC8=O)nn(C)c7c6)C5)[C@@H](C)C4)ncc3Cl)cnc2N(C(C)C)C1O. The minimum atomic E-state index is -1.09. The second-order valence-corrected chi connectivity index (χ2v) is 16.5. The predicted molar refractivity (Wildman–Crippen MR) is 226 cm³/mol. The van der Waals surface area contributed by atoms with Crippen molar-refractivity contribution in [1.82, 2.24) is 40.3 Å². The molecule has 3 amide bonds. The Bertz CT molecular complexity index is 2300. The molecule has 18 heteroatoms. The molecule has 59 heavy (non-hydrogen) atoms. The molecule has 3 saturated heterocycles. The molecule has 3 fully saturated rings. The van der Waals surface area contributed by atoms with E-state index >= 15 is 0 Å². The first kappa shape index (κ1) is 40.3. The van der Waals surface area contributed by atoms with E-state index in [1.54, 1.807) is 23.4 Å². The molecule has 4 aliphatic heterocycles. The summed E-state index contributed by atoms with van der Waals surface area (Å²) in [5.41, 5.74) is 4.20. The van der Waals surface area contributed by atoms with Crippen molar-refractivity contribution >= 4 is 75.3 Å². The number of nitrogens with zero attached hydrogens (tertiary/aromatic N) is 9. The van der Waals surface area contributed by atoms with E-state index in [-0.39, 0.29) is 42.2 Å². The number of fused-ring (bicyclic) bond motifs is 2. The molecule has 3 aromatic heterocycles. The van der Waals surface area contributed by atoms with Crippen LogP contribution in [0.15, 0.2) is 42.4 Å². The van der Waals surface area contributed by atoms with Crippen molar-refractivity contribution in [3.05, 3.63) is 58.7 Å². The fourth-order valence-corrected chi connectivity index (χ4v) is 8.76. The summed E-state index contributed by atoms with van der Waals surface area (Å²) in [6.07, 6.45) is 5.79. The second-order valence-electron chi connectivity index (χ2n) is 16.1. The van der Waals surface area contributed by atoms with Gasteiger partial charge in [-0.3, -0.25) is 29.3 Å². The van der Waals surface area contributed by atoms with Crippen molar-refractivity contribution in [3.63, 3.8) is 0 Å². The van der Waals surface area contributed by atoms with Gasteiger partial charge >= 0.3 is 0 Å². The molecular weight excluding hydrogens is 776 g/mol. The van der Waals surface area contributed by atoms with Gasteiger partial charge in [-0.25, -0.2) is 9.97 Å². The Kier molecular flexibility index (Phi) is 11.3. The van der Waals surface area contributed by atoms with Crippen LogP contribution in [0.2, 0.25) is 5.02 Å². The quantitative estimate of drug-likeness (QED) is 0.161. The summed E-state index contributed by atoms with van der Waals surface area (Å²) in [5.74, 6) is 1.17. The maximum absolute atomic E-state index is 12.6. The van der Waals surface area contributed by atoms with Gasteiger partial charge in [-0.2, -0.15) is 10.1 Å². The van der Waals surface area contributed by atoms with Gasteiger partial charge in [0.2, 0.25) is 17.8 Å². The van der Waals surface area contributed by atoms with Crippen LogP contribution >= 0.6 is 11.6 Å². The lowest BCUT2D eigenvalue weighted by atomic mass is 9.93. The molecule has 8 rings (SSSR count). The van der Waals surface area contributed by atoms with Gasteiger partial charge in [-0.15, -0.1) is 0 Å². The van der Waals surface area contributed by atoms with E-state index in [9.17, 15) is 19.5 Å². The molecule has 0 saturated carbocycles. The van der Waals surface area contributed by atoms with E-state index in [1.807, 2.05) is 31.6 Å². The fraction of sp³-hybridized carbons (Fsp3) is 0.488. The molecule has 2 unspecified atom stereocenters. The number of carbonyl (C=O) groups is 3. The van der Waals surface area contributed by atoms with Crippen LogP contribution in [-0.2, 0) is 26.2 Å². The van der Waals surface area contributed by atoms with Crippen molar-refractivity contribution in [2.24, 2.45) is 13.0 Å². The van der Waals surface area contributed by atoms with Crippen LogP contribution in [0.5, 0.6) is 0 Å². The summed E-state index contributed by atoms with van der Waals surface area (Å²) in [6.45, 7) is 11.3. The van der Waals surface area contributed by atoms with E-state index in [1.165, 1.54) is 7.05 Å². The Morgan fingerprint density at radius 1 is 1.08 bits per heavy atom. The van der Waals surface area contributed by atoms with Crippen molar-refractivity contribution < 1.29 is 24.2 Å². The largest absolute Gasteiger partial charge is 0.483 e. The number of anilines is 5. The topological polar surface area (TPSA) is 186 Å². The Labute approximate surface area is 347 Å². The normalized spacial score (nSPS) is 22.4. The smallest absolute Gasteiger partial charge is 0.257 e. The van der Waals surface area contributed by atoms with Crippen molar-refractivity contribution in [1.29, 1.82) is 0 Å². The number of amides is 3. The van der Waals surface area contributed by atoms with Crippen LogP contribution in [0, 0.1) is 5.92 Å². The Morgan fingerprint density at radius 3 is 2.68 bits per heavy atom. The summed E-state index contributed by atoms with van der Waals surface area (Å²) in [5, 5.41) is 25.4. The van der Waals surface area contributed by atoms with Gasteiger partial charge in [-0.05, 0) is 69.9 Å². The zero-order valence-corrected chi connectivity index (χ0v) is 34.7. The number of piperidine rings is 1. The molecule has 312 valence electrons. The summed E-state index contributed by atoms with van der Waals surface area (Å²) in [7, 11) is 3.44. The number of ether oxygens (including phenoxy) is 1. The van der Waals surface area contributed by atoms with Crippen molar-refractivity contribution in [3.8, 4) is 0 Å². The molecule has 4 aliphatic rings.